The molecule has 2 aromatic carbocycles. The number of carbonyl (C=O) groups excluding carboxylic acids is 1. The van der Waals surface area contributed by atoms with Gasteiger partial charge in [-0.3, -0.25) is 0 Å². The van der Waals surface area contributed by atoms with E-state index in [1.165, 1.54) is 0 Å². The monoisotopic (exact) mass is 282 g/mol. The topological polar surface area (TPSA) is 64.7 Å². The molecule has 4 nitrogen and oxygen atoms in total. The number of rotatable bonds is 4. The van der Waals surface area contributed by atoms with Crippen molar-refractivity contribution >= 4 is 11.8 Å². The van der Waals surface area contributed by atoms with Crippen molar-refractivity contribution in [3.63, 3.8) is 0 Å². The molecule has 0 spiro atoms. The Morgan fingerprint density at radius 3 is 2.48 bits per heavy atom. The lowest BCUT2D eigenvalue weighted by atomic mass is 10.1. The number of oxime groups is 1. The Balaban J connectivity index is 1.96. The first-order chi connectivity index (χ1) is 10.0. The Labute approximate surface area is 124 Å². The molecule has 0 radical (unpaired) electrons. The fourth-order valence-electron chi connectivity index (χ4n) is 1.86. The quantitative estimate of drug-likeness (QED) is 0.406. The molecule has 0 saturated carbocycles. The minimum Gasteiger partial charge on any atom is -0.380 e. The smallest absolute Gasteiger partial charge is 0.339 e. The highest BCUT2D eigenvalue weighted by molar-refractivity contribution is 5.97. The molecule has 0 amide bonds. The van der Waals surface area contributed by atoms with Crippen LogP contribution in [0.15, 0.2) is 53.7 Å². The van der Waals surface area contributed by atoms with Crippen LogP contribution in [0.25, 0.3) is 0 Å². The molecule has 4 heteroatoms. The predicted octanol–water partition coefficient (Wildman–Crippen LogP) is 2.71. The van der Waals surface area contributed by atoms with Crippen molar-refractivity contribution in [2.45, 2.75) is 20.3 Å². The summed E-state index contributed by atoms with van der Waals surface area (Å²) in [5, 5.41) is 3.69. The SMILES string of the molecule is Cc1ccc(CC(=O)O/N=C(/N)c2cccc(C)c2)cc1. The van der Waals surface area contributed by atoms with E-state index in [-0.39, 0.29) is 12.3 Å². The molecule has 0 unspecified atom stereocenters. The van der Waals surface area contributed by atoms with Crippen molar-refractivity contribution in [1.82, 2.24) is 0 Å². The average Bonchev–Trinajstić information content (AvgIpc) is 2.47. The van der Waals surface area contributed by atoms with Crippen molar-refractivity contribution in [2.75, 3.05) is 0 Å². The number of nitrogens with zero attached hydrogens (tertiary/aromatic N) is 1. The molecule has 0 aliphatic carbocycles. The van der Waals surface area contributed by atoms with Gasteiger partial charge in [-0.2, -0.15) is 0 Å². The van der Waals surface area contributed by atoms with Gasteiger partial charge < -0.3 is 10.6 Å². The summed E-state index contributed by atoms with van der Waals surface area (Å²) in [6.45, 7) is 3.95. The van der Waals surface area contributed by atoms with Crippen LogP contribution in [0.1, 0.15) is 22.3 Å². The maximum Gasteiger partial charge on any atom is 0.339 e. The molecule has 0 aromatic heterocycles. The summed E-state index contributed by atoms with van der Waals surface area (Å²) in [5.74, 6) is -0.245. The summed E-state index contributed by atoms with van der Waals surface area (Å²) in [6.07, 6.45) is 0.172. The third kappa shape index (κ3) is 4.45. The summed E-state index contributed by atoms with van der Waals surface area (Å²) >= 11 is 0. The van der Waals surface area contributed by atoms with Crippen molar-refractivity contribution in [3.05, 3.63) is 70.8 Å². The van der Waals surface area contributed by atoms with Crippen LogP contribution in [0.4, 0.5) is 0 Å². The maximum absolute atomic E-state index is 11.7. The highest BCUT2D eigenvalue weighted by Crippen LogP contribution is 2.06. The summed E-state index contributed by atoms with van der Waals surface area (Å²) in [4.78, 5) is 16.6. The second-order valence-electron chi connectivity index (χ2n) is 4.97. The zero-order valence-electron chi connectivity index (χ0n) is 12.2. The fraction of sp³-hybridized carbons (Fsp3) is 0.176. The molecule has 2 aromatic rings. The van der Waals surface area contributed by atoms with E-state index in [4.69, 9.17) is 10.6 Å². The molecule has 0 aliphatic rings. The van der Waals surface area contributed by atoms with Gasteiger partial charge >= 0.3 is 5.97 Å². The molecular weight excluding hydrogens is 264 g/mol. The minimum absolute atomic E-state index is 0.172. The molecule has 0 bridgehead atoms. The lowest BCUT2D eigenvalue weighted by Gasteiger charge is -2.03. The van der Waals surface area contributed by atoms with E-state index >= 15 is 0 Å². The third-order valence-electron chi connectivity index (χ3n) is 3.03. The van der Waals surface area contributed by atoms with Crippen LogP contribution in [0.3, 0.4) is 0 Å². The number of carbonyl (C=O) groups is 1. The number of hydrogen-bond acceptors (Lipinski definition) is 3. The van der Waals surface area contributed by atoms with Crippen LogP contribution in [-0.2, 0) is 16.1 Å². The summed E-state index contributed by atoms with van der Waals surface area (Å²) in [6, 6.07) is 15.2. The van der Waals surface area contributed by atoms with Gasteiger partial charge in [0.05, 0.1) is 6.42 Å². The van der Waals surface area contributed by atoms with Gasteiger partial charge in [-0.05, 0) is 25.5 Å². The first-order valence-electron chi connectivity index (χ1n) is 6.70. The molecule has 108 valence electrons. The number of aryl methyl sites for hydroxylation is 2. The van der Waals surface area contributed by atoms with Crippen LogP contribution in [0.5, 0.6) is 0 Å². The number of benzene rings is 2. The largest absolute Gasteiger partial charge is 0.380 e. The van der Waals surface area contributed by atoms with E-state index in [0.29, 0.717) is 0 Å². The van der Waals surface area contributed by atoms with E-state index in [2.05, 4.69) is 5.16 Å². The molecule has 0 fully saturated rings. The van der Waals surface area contributed by atoms with Gasteiger partial charge in [-0.1, -0.05) is 58.7 Å². The summed E-state index contributed by atoms with van der Waals surface area (Å²) in [5.41, 5.74) is 9.63. The van der Waals surface area contributed by atoms with Gasteiger partial charge in [0, 0.05) is 5.56 Å². The first-order valence-corrected chi connectivity index (χ1v) is 6.70. The van der Waals surface area contributed by atoms with E-state index in [9.17, 15) is 4.79 Å². The Bertz CT molecular complexity index is 661. The number of nitrogens with two attached hydrogens (primary N) is 1. The van der Waals surface area contributed by atoms with Crippen LogP contribution in [-0.4, -0.2) is 11.8 Å². The van der Waals surface area contributed by atoms with Gasteiger partial charge in [0.15, 0.2) is 5.84 Å². The minimum atomic E-state index is -0.436. The number of amidine groups is 1. The summed E-state index contributed by atoms with van der Waals surface area (Å²) < 4.78 is 0. The molecule has 0 saturated heterocycles. The Hall–Kier alpha value is -2.62. The zero-order valence-corrected chi connectivity index (χ0v) is 12.2. The second kappa shape index (κ2) is 6.70. The molecule has 2 N–H and O–H groups in total. The van der Waals surface area contributed by atoms with Gasteiger partial charge in [0.1, 0.15) is 0 Å². The molecule has 0 heterocycles. The molecule has 2 rings (SSSR count). The maximum atomic E-state index is 11.7. The van der Waals surface area contributed by atoms with Gasteiger partial charge in [-0.25, -0.2) is 4.79 Å². The molecule has 0 aliphatic heterocycles. The van der Waals surface area contributed by atoms with Crippen molar-refractivity contribution in [3.8, 4) is 0 Å². The number of hydrogen-bond donors (Lipinski definition) is 1. The van der Waals surface area contributed by atoms with E-state index < -0.39 is 5.97 Å². The van der Waals surface area contributed by atoms with Crippen LogP contribution in [0, 0.1) is 13.8 Å². The zero-order chi connectivity index (χ0) is 15.2. The third-order valence-corrected chi connectivity index (χ3v) is 3.03. The van der Waals surface area contributed by atoms with Crippen molar-refractivity contribution < 1.29 is 9.63 Å². The van der Waals surface area contributed by atoms with Crippen LogP contribution in [0.2, 0.25) is 0 Å². The standard InChI is InChI=1S/C17H18N2O2/c1-12-6-8-14(9-7-12)11-16(20)21-19-17(18)15-5-3-4-13(2)10-15/h3-10H,11H2,1-2H3,(H2,18,19). The Kier molecular flexibility index (Phi) is 4.72. The van der Waals surface area contributed by atoms with Crippen LogP contribution >= 0.6 is 0 Å². The highest BCUT2D eigenvalue weighted by atomic mass is 16.7. The summed E-state index contributed by atoms with van der Waals surface area (Å²) in [7, 11) is 0. The van der Waals surface area contributed by atoms with E-state index in [1.807, 2.05) is 62.4 Å². The van der Waals surface area contributed by atoms with Gasteiger partial charge in [0.25, 0.3) is 0 Å². The fourth-order valence-corrected chi connectivity index (χ4v) is 1.86. The first kappa shape index (κ1) is 14.8. The van der Waals surface area contributed by atoms with E-state index in [1.54, 1.807) is 0 Å². The van der Waals surface area contributed by atoms with Gasteiger partial charge in [-0.15, -0.1) is 0 Å². The van der Waals surface area contributed by atoms with Crippen molar-refractivity contribution in [1.29, 1.82) is 0 Å². The highest BCUT2D eigenvalue weighted by Gasteiger charge is 2.06. The van der Waals surface area contributed by atoms with E-state index in [0.717, 1.165) is 22.3 Å². The Morgan fingerprint density at radius 1 is 1.10 bits per heavy atom. The second-order valence-corrected chi connectivity index (χ2v) is 4.97. The lowest BCUT2D eigenvalue weighted by molar-refractivity contribution is -0.142. The molecule has 0 atom stereocenters. The Morgan fingerprint density at radius 2 is 1.81 bits per heavy atom. The molecular formula is C17H18N2O2. The van der Waals surface area contributed by atoms with Crippen molar-refractivity contribution in [2.24, 2.45) is 10.9 Å². The predicted molar refractivity (Wildman–Crippen MR) is 82.9 cm³/mol. The average molecular weight is 282 g/mol. The normalized spacial score (nSPS) is 11.2. The van der Waals surface area contributed by atoms with Gasteiger partial charge in [0.2, 0.25) is 0 Å². The lowest BCUT2D eigenvalue weighted by Crippen LogP contribution is -2.16. The molecule has 21 heavy (non-hydrogen) atoms. The van der Waals surface area contributed by atoms with Crippen LogP contribution < -0.4 is 5.73 Å².